The lowest BCUT2D eigenvalue weighted by Gasteiger charge is -1.82. The maximum absolute atomic E-state index is 2.21. The Morgan fingerprint density at radius 2 is 1.43 bits per heavy atom. The van der Waals surface area contributed by atoms with E-state index >= 15 is 0 Å². The standard InChI is InChI=1S/C8H10.C6H6/c1-8-6-4-2-3-5-7-8;1-2-4-6-5-3-1/h2-4,6-7H,5H2,1H3;1-6H. The second kappa shape index (κ2) is 6.90. The molecule has 0 atom stereocenters. The molecule has 0 nitrogen and oxygen atoms in total. The molecule has 0 amide bonds. The van der Waals surface area contributed by atoms with Gasteiger partial charge in [0.2, 0.25) is 0 Å². The van der Waals surface area contributed by atoms with Crippen LogP contribution in [0.1, 0.15) is 13.3 Å². The molecule has 0 aliphatic heterocycles. The molecule has 14 heavy (non-hydrogen) atoms. The van der Waals surface area contributed by atoms with Crippen molar-refractivity contribution in [3.8, 4) is 0 Å². The average Bonchev–Trinajstić information content (AvgIpc) is 2.49. The highest BCUT2D eigenvalue weighted by atomic mass is 13.9. The Morgan fingerprint density at radius 1 is 0.857 bits per heavy atom. The van der Waals surface area contributed by atoms with Gasteiger partial charge in [0, 0.05) is 0 Å². The largest absolute Gasteiger partial charge is 0.0807 e. The van der Waals surface area contributed by atoms with Crippen molar-refractivity contribution in [2.75, 3.05) is 0 Å². The highest BCUT2D eigenvalue weighted by Crippen LogP contribution is 2.01. The van der Waals surface area contributed by atoms with Crippen LogP contribution in [0.5, 0.6) is 0 Å². The summed E-state index contributed by atoms with van der Waals surface area (Å²) < 4.78 is 0. The zero-order valence-corrected chi connectivity index (χ0v) is 8.56. The van der Waals surface area contributed by atoms with E-state index < -0.39 is 0 Å². The summed E-state index contributed by atoms with van der Waals surface area (Å²) in [7, 11) is 0. The molecular weight excluding hydrogens is 168 g/mol. The summed E-state index contributed by atoms with van der Waals surface area (Å²) in [5.74, 6) is 0. The molecule has 2 rings (SSSR count). The zero-order chi connectivity index (χ0) is 10.1. The third-order valence-electron chi connectivity index (χ3n) is 1.85. The molecule has 1 aliphatic carbocycles. The molecule has 0 aromatic heterocycles. The van der Waals surface area contributed by atoms with Gasteiger partial charge in [-0.05, 0) is 13.3 Å². The fourth-order valence-electron chi connectivity index (χ4n) is 1.07. The van der Waals surface area contributed by atoms with E-state index in [-0.39, 0.29) is 0 Å². The Labute approximate surface area is 86.3 Å². The smallest absolute Gasteiger partial charge is 0.0160 e. The van der Waals surface area contributed by atoms with E-state index in [9.17, 15) is 0 Å². The second-order valence-electron chi connectivity index (χ2n) is 3.13. The summed E-state index contributed by atoms with van der Waals surface area (Å²) in [6.45, 7) is 2.11. The normalized spacial score (nSPS) is 13.6. The first-order chi connectivity index (χ1) is 6.89. The summed E-state index contributed by atoms with van der Waals surface area (Å²) in [5, 5.41) is 0. The molecule has 1 aromatic carbocycles. The molecular formula is C14H16. The van der Waals surface area contributed by atoms with Crippen LogP contribution < -0.4 is 0 Å². The van der Waals surface area contributed by atoms with Crippen LogP contribution in [0.15, 0.2) is 72.4 Å². The van der Waals surface area contributed by atoms with Gasteiger partial charge in [0.25, 0.3) is 0 Å². The lowest BCUT2D eigenvalue weighted by atomic mass is 10.2. The average molecular weight is 184 g/mol. The molecule has 0 N–H and O–H groups in total. The first-order valence-electron chi connectivity index (χ1n) is 4.89. The van der Waals surface area contributed by atoms with Gasteiger partial charge in [0.15, 0.2) is 0 Å². The number of hydrogen-bond donors (Lipinski definition) is 0. The molecule has 0 fully saturated rings. The van der Waals surface area contributed by atoms with E-state index in [1.165, 1.54) is 5.57 Å². The van der Waals surface area contributed by atoms with Crippen molar-refractivity contribution in [3.63, 3.8) is 0 Å². The molecule has 72 valence electrons. The summed E-state index contributed by atoms with van der Waals surface area (Å²) in [4.78, 5) is 0. The van der Waals surface area contributed by atoms with Crippen molar-refractivity contribution in [2.45, 2.75) is 13.3 Å². The van der Waals surface area contributed by atoms with Crippen molar-refractivity contribution >= 4 is 0 Å². The molecule has 0 heteroatoms. The van der Waals surface area contributed by atoms with Gasteiger partial charge in [-0.2, -0.15) is 0 Å². The second-order valence-corrected chi connectivity index (χ2v) is 3.13. The number of rotatable bonds is 0. The Hall–Kier alpha value is -1.56. The van der Waals surface area contributed by atoms with Crippen molar-refractivity contribution in [2.24, 2.45) is 0 Å². The van der Waals surface area contributed by atoms with Crippen LogP contribution in [0.4, 0.5) is 0 Å². The molecule has 0 radical (unpaired) electrons. The number of hydrogen-bond acceptors (Lipinski definition) is 0. The summed E-state index contributed by atoms with van der Waals surface area (Å²) in [5.41, 5.74) is 1.36. The van der Waals surface area contributed by atoms with Crippen LogP contribution >= 0.6 is 0 Å². The van der Waals surface area contributed by atoms with Gasteiger partial charge in [-0.15, -0.1) is 0 Å². The fourth-order valence-corrected chi connectivity index (χ4v) is 1.07. The first-order valence-corrected chi connectivity index (χ1v) is 4.89. The van der Waals surface area contributed by atoms with E-state index in [4.69, 9.17) is 0 Å². The maximum atomic E-state index is 2.21. The van der Waals surface area contributed by atoms with Crippen LogP contribution in [-0.4, -0.2) is 0 Å². The highest BCUT2D eigenvalue weighted by molar-refractivity contribution is 5.24. The maximum Gasteiger partial charge on any atom is -0.0160 e. The van der Waals surface area contributed by atoms with Gasteiger partial charge in [0.1, 0.15) is 0 Å². The summed E-state index contributed by atoms with van der Waals surface area (Å²) in [6.07, 6.45) is 11.7. The molecule has 0 heterocycles. The lowest BCUT2D eigenvalue weighted by molar-refractivity contribution is 1.35. The Bertz CT molecular complexity index is 286. The van der Waals surface area contributed by atoms with Gasteiger partial charge in [-0.25, -0.2) is 0 Å². The van der Waals surface area contributed by atoms with Gasteiger partial charge in [-0.1, -0.05) is 72.4 Å². The summed E-state index contributed by atoms with van der Waals surface area (Å²) in [6, 6.07) is 12.0. The van der Waals surface area contributed by atoms with Crippen molar-refractivity contribution in [1.29, 1.82) is 0 Å². The zero-order valence-electron chi connectivity index (χ0n) is 8.56. The minimum atomic E-state index is 1.08. The van der Waals surface area contributed by atoms with Gasteiger partial charge >= 0.3 is 0 Å². The Kier molecular flexibility index (Phi) is 5.19. The topological polar surface area (TPSA) is 0 Å². The van der Waals surface area contributed by atoms with Crippen LogP contribution in [0.25, 0.3) is 0 Å². The molecule has 0 saturated heterocycles. The molecule has 0 spiro atoms. The number of allylic oxidation sites excluding steroid dienone is 6. The molecule has 0 unspecified atom stereocenters. The minimum absolute atomic E-state index is 1.08. The quantitative estimate of drug-likeness (QED) is 0.568. The summed E-state index contributed by atoms with van der Waals surface area (Å²) >= 11 is 0. The molecule has 1 aromatic rings. The number of benzene rings is 1. The van der Waals surface area contributed by atoms with Crippen LogP contribution in [0.3, 0.4) is 0 Å². The Balaban J connectivity index is 0.000000146. The van der Waals surface area contributed by atoms with Gasteiger partial charge < -0.3 is 0 Å². The van der Waals surface area contributed by atoms with E-state index in [1.807, 2.05) is 36.4 Å². The highest BCUT2D eigenvalue weighted by Gasteiger charge is 1.81. The van der Waals surface area contributed by atoms with Crippen LogP contribution in [0, 0.1) is 0 Å². The predicted octanol–water partition coefficient (Wildman–Crippen LogP) is 4.14. The van der Waals surface area contributed by atoms with Gasteiger partial charge in [-0.3, -0.25) is 0 Å². The van der Waals surface area contributed by atoms with E-state index in [2.05, 4.69) is 37.3 Å². The van der Waals surface area contributed by atoms with Crippen molar-refractivity contribution in [1.82, 2.24) is 0 Å². The minimum Gasteiger partial charge on any atom is -0.0807 e. The monoisotopic (exact) mass is 184 g/mol. The van der Waals surface area contributed by atoms with Crippen LogP contribution in [0.2, 0.25) is 0 Å². The predicted molar refractivity (Wildman–Crippen MR) is 63.1 cm³/mol. The molecule has 1 aliphatic rings. The van der Waals surface area contributed by atoms with Crippen molar-refractivity contribution < 1.29 is 0 Å². The third kappa shape index (κ3) is 5.15. The SMILES string of the molecule is CC1=CCC=CC=C1.c1ccccc1. The van der Waals surface area contributed by atoms with E-state index in [0.29, 0.717) is 0 Å². The van der Waals surface area contributed by atoms with Crippen LogP contribution in [-0.2, 0) is 0 Å². The lowest BCUT2D eigenvalue weighted by Crippen LogP contribution is -1.62. The first kappa shape index (κ1) is 10.5. The molecule has 0 saturated carbocycles. The van der Waals surface area contributed by atoms with Crippen molar-refractivity contribution in [3.05, 3.63) is 72.4 Å². The van der Waals surface area contributed by atoms with E-state index in [0.717, 1.165) is 6.42 Å². The fraction of sp³-hybridized carbons (Fsp3) is 0.143. The van der Waals surface area contributed by atoms with Gasteiger partial charge in [0.05, 0.1) is 0 Å². The molecule has 0 bridgehead atoms. The van der Waals surface area contributed by atoms with E-state index in [1.54, 1.807) is 0 Å². The third-order valence-corrected chi connectivity index (χ3v) is 1.85. The Morgan fingerprint density at radius 3 is 2.00 bits per heavy atom.